The van der Waals surface area contributed by atoms with Crippen LogP contribution in [0.25, 0.3) is 11.5 Å². The molecule has 0 aliphatic rings. The Balaban J connectivity index is 1.78. The molecular weight excluding hydrogens is 318 g/mol. The second-order valence-corrected chi connectivity index (χ2v) is 4.67. The zero-order valence-corrected chi connectivity index (χ0v) is 12.2. The van der Waals surface area contributed by atoms with E-state index in [0.29, 0.717) is 0 Å². The molecule has 24 heavy (non-hydrogen) atoms. The highest BCUT2D eigenvalue weighted by atomic mass is 19.3. The summed E-state index contributed by atoms with van der Waals surface area (Å²) in [5.74, 6) is 4.84. The summed E-state index contributed by atoms with van der Waals surface area (Å²) in [5, 5.41) is 6.72. The first kappa shape index (κ1) is 15.6. The third-order valence-electron chi connectivity index (χ3n) is 3.01. The Morgan fingerprint density at radius 3 is 2.83 bits per heavy atom. The van der Waals surface area contributed by atoms with Crippen LogP contribution in [-0.4, -0.2) is 19.7 Å². The Morgan fingerprint density at radius 1 is 1.29 bits per heavy atom. The van der Waals surface area contributed by atoms with Gasteiger partial charge in [0, 0.05) is 35.8 Å². The monoisotopic (exact) mass is 328 g/mol. The van der Waals surface area contributed by atoms with Crippen LogP contribution in [0.1, 0.15) is 17.9 Å². The lowest BCUT2D eigenvalue weighted by Gasteiger charge is -2.00. The number of alkyl halides is 2. The van der Waals surface area contributed by atoms with Crippen LogP contribution in [0.2, 0.25) is 0 Å². The van der Waals surface area contributed by atoms with E-state index >= 15 is 0 Å². The van der Waals surface area contributed by atoms with Gasteiger partial charge in [0.25, 0.3) is 11.4 Å². The molecule has 0 atom stereocenters. The summed E-state index contributed by atoms with van der Waals surface area (Å²) in [5.41, 5.74) is 0.660. The molecule has 3 rings (SSSR count). The Hall–Kier alpha value is -3.34. The lowest BCUT2D eigenvalue weighted by Crippen LogP contribution is -2.17. The van der Waals surface area contributed by atoms with Gasteiger partial charge < -0.3 is 8.98 Å². The summed E-state index contributed by atoms with van der Waals surface area (Å²) in [4.78, 5) is 16.0. The number of nitrogens with zero attached hydrogens (tertiary/aromatic N) is 4. The SMILES string of the molecule is O=c1cc(-c2nnc(C(F)F)o2)ccn1CC#Cc1cccnc1. The zero-order valence-electron chi connectivity index (χ0n) is 12.2. The van der Waals surface area contributed by atoms with Crippen molar-refractivity contribution in [3.05, 3.63) is 64.7 Å². The van der Waals surface area contributed by atoms with Crippen LogP contribution in [-0.2, 0) is 6.54 Å². The molecule has 0 aliphatic carbocycles. The van der Waals surface area contributed by atoms with Crippen LogP contribution in [0, 0.1) is 11.8 Å². The molecule has 0 fully saturated rings. The van der Waals surface area contributed by atoms with Crippen LogP contribution in [0.3, 0.4) is 0 Å². The van der Waals surface area contributed by atoms with Crippen LogP contribution >= 0.6 is 0 Å². The van der Waals surface area contributed by atoms with E-state index in [-0.39, 0.29) is 23.6 Å². The van der Waals surface area contributed by atoms with Gasteiger partial charge in [0.1, 0.15) is 0 Å². The minimum Gasteiger partial charge on any atom is -0.415 e. The molecule has 0 N–H and O–H groups in total. The maximum Gasteiger partial charge on any atom is 0.314 e. The van der Waals surface area contributed by atoms with E-state index < -0.39 is 12.3 Å². The molecular formula is C16H10F2N4O2. The maximum atomic E-state index is 12.4. The van der Waals surface area contributed by atoms with Gasteiger partial charge in [-0.1, -0.05) is 11.8 Å². The summed E-state index contributed by atoms with van der Waals surface area (Å²) in [7, 11) is 0. The van der Waals surface area contributed by atoms with Crippen LogP contribution in [0.15, 0.2) is 52.1 Å². The Labute approximate surface area is 134 Å². The summed E-state index contributed by atoms with van der Waals surface area (Å²) in [6.45, 7) is 0.181. The van der Waals surface area contributed by atoms with Gasteiger partial charge in [0.2, 0.25) is 5.89 Å². The van der Waals surface area contributed by atoms with Crippen molar-refractivity contribution >= 4 is 0 Å². The Kier molecular flexibility index (Phi) is 4.43. The molecule has 0 amide bonds. The lowest BCUT2D eigenvalue weighted by molar-refractivity contribution is 0.116. The number of hydrogen-bond acceptors (Lipinski definition) is 5. The largest absolute Gasteiger partial charge is 0.415 e. The molecule has 0 saturated heterocycles. The fourth-order valence-electron chi connectivity index (χ4n) is 1.87. The number of halogens is 2. The predicted octanol–water partition coefficient (Wildman–Crippen LogP) is 2.28. The standard InChI is InChI=1S/C16H10F2N4O2/c17-14(18)16-21-20-15(24-16)12-5-8-22(13(23)9-12)7-2-4-11-3-1-6-19-10-11/h1,3,5-6,8-10,14H,7H2. The molecule has 3 aromatic rings. The summed E-state index contributed by atoms with van der Waals surface area (Å²) in [6.07, 6.45) is 1.90. The quantitative estimate of drug-likeness (QED) is 0.690. The van der Waals surface area contributed by atoms with Gasteiger partial charge in [-0.15, -0.1) is 10.2 Å². The highest BCUT2D eigenvalue weighted by molar-refractivity contribution is 5.51. The summed E-state index contributed by atoms with van der Waals surface area (Å²) in [6, 6.07) is 6.33. The van der Waals surface area contributed by atoms with Crippen molar-refractivity contribution in [2.75, 3.05) is 0 Å². The lowest BCUT2D eigenvalue weighted by atomic mass is 10.2. The third-order valence-corrected chi connectivity index (χ3v) is 3.01. The minimum absolute atomic E-state index is 0.129. The first-order valence-electron chi connectivity index (χ1n) is 6.85. The van der Waals surface area contributed by atoms with Crippen molar-refractivity contribution in [2.45, 2.75) is 13.0 Å². The first-order valence-corrected chi connectivity index (χ1v) is 6.85. The van der Waals surface area contributed by atoms with E-state index in [1.54, 1.807) is 18.5 Å². The van der Waals surface area contributed by atoms with Crippen LogP contribution in [0.5, 0.6) is 0 Å². The number of aromatic nitrogens is 4. The number of rotatable bonds is 3. The van der Waals surface area contributed by atoms with Crippen molar-refractivity contribution in [3.8, 4) is 23.3 Å². The van der Waals surface area contributed by atoms with Gasteiger partial charge in [0.15, 0.2) is 0 Å². The zero-order chi connectivity index (χ0) is 16.9. The van der Waals surface area contributed by atoms with Gasteiger partial charge in [-0.05, 0) is 18.2 Å². The molecule has 0 spiro atoms. The number of pyridine rings is 2. The van der Waals surface area contributed by atoms with Crippen molar-refractivity contribution < 1.29 is 13.2 Å². The second-order valence-electron chi connectivity index (χ2n) is 4.67. The van der Waals surface area contributed by atoms with E-state index in [9.17, 15) is 13.6 Å². The fraction of sp³-hybridized carbons (Fsp3) is 0.125. The highest BCUT2D eigenvalue weighted by Gasteiger charge is 2.17. The molecule has 3 aromatic heterocycles. The van der Waals surface area contributed by atoms with Gasteiger partial charge in [-0.25, -0.2) is 0 Å². The highest BCUT2D eigenvalue weighted by Crippen LogP contribution is 2.21. The van der Waals surface area contributed by atoms with E-state index in [2.05, 4.69) is 27.0 Å². The molecule has 6 nitrogen and oxygen atoms in total. The van der Waals surface area contributed by atoms with Crippen molar-refractivity contribution in [3.63, 3.8) is 0 Å². The maximum absolute atomic E-state index is 12.4. The smallest absolute Gasteiger partial charge is 0.314 e. The van der Waals surface area contributed by atoms with Crippen LogP contribution < -0.4 is 5.56 Å². The molecule has 0 unspecified atom stereocenters. The Bertz CT molecular complexity index is 955. The Morgan fingerprint density at radius 2 is 2.17 bits per heavy atom. The predicted molar refractivity (Wildman–Crippen MR) is 80.1 cm³/mol. The van der Waals surface area contributed by atoms with Crippen molar-refractivity contribution in [2.24, 2.45) is 0 Å². The molecule has 120 valence electrons. The molecule has 8 heteroatoms. The van der Waals surface area contributed by atoms with E-state index in [1.807, 2.05) is 6.07 Å². The number of hydrogen-bond donors (Lipinski definition) is 0. The normalized spacial score (nSPS) is 10.5. The molecule has 0 aromatic carbocycles. The second kappa shape index (κ2) is 6.83. The average Bonchev–Trinajstić information content (AvgIpc) is 3.08. The topological polar surface area (TPSA) is 73.8 Å². The average molecular weight is 328 g/mol. The van der Waals surface area contributed by atoms with Crippen molar-refractivity contribution in [1.29, 1.82) is 0 Å². The van der Waals surface area contributed by atoms with Gasteiger partial charge in [0.05, 0.1) is 6.54 Å². The van der Waals surface area contributed by atoms with E-state index in [1.165, 1.54) is 22.9 Å². The van der Waals surface area contributed by atoms with Crippen LogP contribution in [0.4, 0.5) is 8.78 Å². The van der Waals surface area contributed by atoms with Gasteiger partial charge in [-0.2, -0.15) is 8.78 Å². The molecule has 0 bridgehead atoms. The summed E-state index contributed by atoms with van der Waals surface area (Å²) < 4.78 is 31.1. The van der Waals surface area contributed by atoms with Gasteiger partial charge >= 0.3 is 6.43 Å². The summed E-state index contributed by atoms with van der Waals surface area (Å²) >= 11 is 0. The third kappa shape index (κ3) is 3.52. The first-order chi connectivity index (χ1) is 11.6. The fourth-order valence-corrected chi connectivity index (χ4v) is 1.87. The minimum atomic E-state index is -2.85. The van der Waals surface area contributed by atoms with E-state index in [4.69, 9.17) is 4.42 Å². The van der Waals surface area contributed by atoms with E-state index in [0.717, 1.165) is 5.56 Å². The van der Waals surface area contributed by atoms with Crippen molar-refractivity contribution in [1.82, 2.24) is 19.7 Å². The molecule has 0 saturated carbocycles. The van der Waals surface area contributed by atoms with Gasteiger partial charge in [-0.3, -0.25) is 9.78 Å². The molecule has 0 radical (unpaired) electrons. The molecule has 3 heterocycles. The molecule has 0 aliphatic heterocycles.